The molecule has 1 aliphatic heterocycles. The van der Waals surface area contributed by atoms with Crippen LogP contribution in [0.5, 0.6) is 0 Å². The van der Waals surface area contributed by atoms with Gasteiger partial charge in [0.25, 0.3) is 0 Å². The maximum atomic E-state index is 12.1. The minimum Gasteiger partial charge on any atom is -0.465 e. The molecule has 2 aliphatic rings. The first-order valence-corrected chi connectivity index (χ1v) is 7.90. The lowest BCUT2D eigenvalue weighted by Crippen LogP contribution is -2.45. The smallest absolute Gasteiger partial charge is 0.223 e. The summed E-state index contributed by atoms with van der Waals surface area (Å²) in [5.41, 5.74) is 0. The minimum atomic E-state index is 0.103. The highest BCUT2D eigenvalue weighted by molar-refractivity contribution is 5.79. The van der Waals surface area contributed by atoms with Crippen molar-refractivity contribution in [3.8, 4) is 0 Å². The molecule has 2 fully saturated rings. The summed E-state index contributed by atoms with van der Waals surface area (Å²) in [6.07, 6.45) is 3.25. The Morgan fingerprint density at radius 3 is 2.71 bits per heavy atom. The van der Waals surface area contributed by atoms with Crippen molar-refractivity contribution >= 4 is 5.91 Å². The standard InChI is InChI=1S/C16H24N2O3/c1-12-5-6-15(21-12)14(18-7-9-20-10-8-18)11-17-16(19)13-3-2-4-13/h5-6,13-14H,2-4,7-11H2,1H3,(H,17,19). The van der Waals surface area contributed by atoms with Crippen LogP contribution in [0.3, 0.4) is 0 Å². The number of carbonyl (C=O) groups excluding carboxylic acids is 1. The fourth-order valence-electron chi connectivity index (χ4n) is 2.94. The van der Waals surface area contributed by atoms with Crippen molar-refractivity contribution in [3.05, 3.63) is 23.7 Å². The monoisotopic (exact) mass is 292 g/mol. The largest absolute Gasteiger partial charge is 0.465 e. The number of hydrogen-bond acceptors (Lipinski definition) is 4. The molecule has 1 unspecified atom stereocenters. The Hall–Kier alpha value is -1.33. The summed E-state index contributed by atoms with van der Waals surface area (Å²) in [5.74, 6) is 2.27. The van der Waals surface area contributed by atoms with E-state index in [1.807, 2.05) is 19.1 Å². The van der Waals surface area contributed by atoms with Crippen LogP contribution in [0.15, 0.2) is 16.5 Å². The zero-order valence-electron chi connectivity index (χ0n) is 12.6. The van der Waals surface area contributed by atoms with Gasteiger partial charge in [0.05, 0.1) is 19.3 Å². The third-order valence-electron chi connectivity index (χ3n) is 4.52. The average molecular weight is 292 g/mol. The lowest BCUT2D eigenvalue weighted by atomic mass is 9.85. The van der Waals surface area contributed by atoms with Crippen LogP contribution < -0.4 is 5.32 Å². The number of hydrogen-bond donors (Lipinski definition) is 1. The molecule has 3 rings (SSSR count). The van der Waals surface area contributed by atoms with Gasteiger partial charge in [-0.15, -0.1) is 0 Å². The van der Waals surface area contributed by atoms with E-state index in [9.17, 15) is 4.79 Å². The summed E-state index contributed by atoms with van der Waals surface area (Å²) in [5, 5.41) is 3.11. The third-order valence-corrected chi connectivity index (χ3v) is 4.52. The summed E-state index contributed by atoms with van der Waals surface area (Å²) in [4.78, 5) is 14.4. The van der Waals surface area contributed by atoms with Gasteiger partial charge in [0.1, 0.15) is 11.5 Å². The highest BCUT2D eigenvalue weighted by Crippen LogP contribution is 2.27. The molecule has 1 saturated carbocycles. The van der Waals surface area contributed by atoms with Crippen LogP contribution in [0, 0.1) is 12.8 Å². The Bertz CT molecular complexity index is 476. The first-order chi connectivity index (χ1) is 10.2. The highest BCUT2D eigenvalue weighted by atomic mass is 16.5. The van der Waals surface area contributed by atoms with Gasteiger partial charge in [0, 0.05) is 25.6 Å². The number of ether oxygens (including phenoxy) is 1. The molecule has 0 aromatic carbocycles. The molecule has 2 heterocycles. The second kappa shape index (κ2) is 6.62. The van der Waals surface area contributed by atoms with Crippen molar-refractivity contribution in [2.24, 2.45) is 5.92 Å². The van der Waals surface area contributed by atoms with Gasteiger partial charge < -0.3 is 14.5 Å². The fourth-order valence-corrected chi connectivity index (χ4v) is 2.94. The normalized spacial score (nSPS) is 21.8. The quantitative estimate of drug-likeness (QED) is 0.900. The highest BCUT2D eigenvalue weighted by Gasteiger charge is 2.29. The van der Waals surface area contributed by atoms with Crippen molar-refractivity contribution in [1.29, 1.82) is 0 Å². The molecular weight excluding hydrogens is 268 g/mol. The number of rotatable bonds is 5. The molecular formula is C16H24N2O3. The van der Waals surface area contributed by atoms with E-state index in [2.05, 4.69) is 10.2 Å². The predicted octanol–water partition coefficient (Wildman–Crippen LogP) is 1.88. The predicted molar refractivity (Wildman–Crippen MR) is 78.9 cm³/mol. The van der Waals surface area contributed by atoms with Crippen molar-refractivity contribution in [2.45, 2.75) is 32.2 Å². The Morgan fingerprint density at radius 2 is 2.14 bits per heavy atom. The molecule has 1 aromatic rings. The van der Waals surface area contributed by atoms with Gasteiger partial charge in [0.2, 0.25) is 5.91 Å². The lowest BCUT2D eigenvalue weighted by Gasteiger charge is -2.34. The van der Waals surface area contributed by atoms with E-state index in [1.165, 1.54) is 6.42 Å². The van der Waals surface area contributed by atoms with Crippen LogP contribution in [0.2, 0.25) is 0 Å². The van der Waals surface area contributed by atoms with Crippen molar-refractivity contribution < 1.29 is 13.9 Å². The van der Waals surface area contributed by atoms with Crippen LogP contribution >= 0.6 is 0 Å². The number of carbonyl (C=O) groups is 1. The fraction of sp³-hybridized carbons (Fsp3) is 0.688. The molecule has 1 aromatic heterocycles. The van der Waals surface area contributed by atoms with Gasteiger partial charge in [0.15, 0.2) is 0 Å². The number of amides is 1. The third kappa shape index (κ3) is 3.47. The zero-order chi connectivity index (χ0) is 14.7. The number of nitrogens with one attached hydrogen (secondary N) is 1. The summed E-state index contributed by atoms with van der Waals surface area (Å²) in [6, 6.07) is 4.10. The van der Waals surface area contributed by atoms with Crippen LogP contribution in [0.4, 0.5) is 0 Å². The van der Waals surface area contributed by atoms with Gasteiger partial charge in [-0.1, -0.05) is 6.42 Å². The second-order valence-electron chi connectivity index (χ2n) is 5.99. The second-order valence-corrected chi connectivity index (χ2v) is 5.99. The van der Waals surface area contributed by atoms with Crippen LogP contribution in [-0.2, 0) is 9.53 Å². The topological polar surface area (TPSA) is 54.7 Å². The molecule has 0 bridgehead atoms. The number of aryl methyl sites for hydroxylation is 1. The first kappa shape index (κ1) is 14.6. The number of morpholine rings is 1. The van der Waals surface area contributed by atoms with Gasteiger partial charge in [-0.05, 0) is 31.9 Å². The molecule has 1 aliphatic carbocycles. The van der Waals surface area contributed by atoms with Gasteiger partial charge in [-0.3, -0.25) is 9.69 Å². The Labute approximate surface area is 125 Å². The summed E-state index contributed by atoms with van der Waals surface area (Å²) in [6.45, 7) is 5.81. The minimum absolute atomic E-state index is 0.103. The summed E-state index contributed by atoms with van der Waals surface area (Å²) in [7, 11) is 0. The molecule has 1 amide bonds. The molecule has 1 N–H and O–H groups in total. The molecule has 21 heavy (non-hydrogen) atoms. The van der Waals surface area contributed by atoms with Crippen molar-refractivity contribution in [2.75, 3.05) is 32.8 Å². The summed E-state index contributed by atoms with van der Waals surface area (Å²) < 4.78 is 11.2. The van der Waals surface area contributed by atoms with Crippen LogP contribution in [0.1, 0.15) is 36.8 Å². The van der Waals surface area contributed by atoms with E-state index in [0.29, 0.717) is 6.54 Å². The molecule has 1 atom stereocenters. The Kier molecular flexibility index (Phi) is 4.60. The lowest BCUT2D eigenvalue weighted by molar-refractivity contribution is -0.127. The Balaban J connectivity index is 1.64. The van der Waals surface area contributed by atoms with E-state index in [-0.39, 0.29) is 17.9 Å². The van der Waals surface area contributed by atoms with Crippen molar-refractivity contribution in [1.82, 2.24) is 10.2 Å². The first-order valence-electron chi connectivity index (χ1n) is 7.90. The number of nitrogens with zero attached hydrogens (tertiary/aromatic N) is 1. The van der Waals surface area contributed by atoms with Crippen LogP contribution in [-0.4, -0.2) is 43.7 Å². The van der Waals surface area contributed by atoms with Gasteiger partial charge >= 0.3 is 0 Å². The van der Waals surface area contributed by atoms with Crippen LogP contribution in [0.25, 0.3) is 0 Å². The molecule has 5 heteroatoms. The van der Waals surface area contributed by atoms with E-state index in [0.717, 1.165) is 50.7 Å². The molecule has 116 valence electrons. The molecule has 5 nitrogen and oxygen atoms in total. The molecule has 0 spiro atoms. The Morgan fingerprint density at radius 1 is 1.38 bits per heavy atom. The maximum Gasteiger partial charge on any atom is 0.223 e. The zero-order valence-corrected chi connectivity index (χ0v) is 12.6. The average Bonchev–Trinajstić information content (AvgIpc) is 2.85. The molecule has 1 saturated heterocycles. The van der Waals surface area contributed by atoms with E-state index in [1.54, 1.807) is 0 Å². The van der Waals surface area contributed by atoms with E-state index >= 15 is 0 Å². The summed E-state index contributed by atoms with van der Waals surface area (Å²) >= 11 is 0. The maximum absolute atomic E-state index is 12.1. The molecule has 0 radical (unpaired) electrons. The van der Waals surface area contributed by atoms with Gasteiger partial charge in [-0.25, -0.2) is 0 Å². The number of furan rings is 1. The van der Waals surface area contributed by atoms with E-state index in [4.69, 9.17) is 9.15 Å². The SMILES string of the molecule is Cc1ccc(C(CNC(=O)C2CCC2)N2CCOCC2)o1. The van der Waals surface area contributed by atoms with Crippen molar-refractivity contribution in [3.63, 3.8) is 0 Å². The van der Waals surface area contributed by atoms with E-state index < -0.39 is 0 Å². The van der Waals surface area contributed by atoms with Gasteiger partial charge in [-0.2, -0.15) is 0 Å².